The number of guanidine groups is 1. The van der Waals surface area contributed by atoms with Gasteiger partial charge >= 0.3 is 0 Å². The molecule has 27 heavy (non-hydrogen) atoms. The first kappa shape index (κ1) is 22.3. The smallest absolute Gasteiger partial charge is 0.191 e. The van der Waals surface area contributed by atoms with E-state index in [9.17, 15) is 0 Å². The van der Waals surface area contributed by atoms with Gasteiger partial charge < -0.3 is 29.6 Å². The number of halogens is 2. The van der Waals surface area contributed by atoms with E-state index in [1.165, 1.54) is 0 Å². The predicted octanol–water partition coefficient (Wildman–Crippen LogP) is 2.59. The van der Waals surface area contributed by atoms with Crippen LogP contribution in [0, 0.1) is 0 Å². The number of aliphatic imine (C=N–C) groups is 1. The molecule has 2 aliphatic heterocycles. The van der Waals surface area contributed by atoms with Crippen molar-refractivity contribution in [3.05, 3.63) is 22.7 Å². The number of nitrogens with one attached hydrogen (secondary N) is 2. The van der Waals surface area contributed by atoms with E-state index < -0.39 is 0 Å². The molecule has 0 aromatic heterocycles. The lowest BCUT2D eigenvalue weighted by Gasteiger charge is -2.20. The maximum absolute atomic E-state index is 6.27. The molecule has 9 heteroatoms. The largest absolute Gasteiger partial charge is 0.486 e. The van der Waals surface area contributed by atoms with Gasteiger partial charge in [-0.05, 0) is 30.5 Å². The summed E-state index contributed by atoms with van der Waals surface area (Å²) in [5, 5.41) is 7.12. The van der Waals surface area contributed by atoms with Gasteiger partial charge in [-0.15, -0.1) is 24.0 Å². The monoisotopic (exact) mass is 511 g/mol. The Labute approximate surface area is 182 Å². The van der Waals surface area contributed by atoms with Crippen LogP contribution < -0.4 is 20.1 Å². The Morgan fingerprint density at radius 1 is 1.26 bits per heavy atom. The molecule has 2 aliphatic rings. The highest BCUT2D eigenvalue weighted by Crippen LogP contribution is 2.38. The molecule has 1 saturated heterocycles. The van der Waals surface area contributed by atoms with Crippen molar-refractivity contribution in [2.75, 3.05) is 46.6 Å². The third kappa shape index (κ3) is 6.85. The van der Waals surface area contributed by atoms with Gasteiger partial charge in [-0.1, -0.05) is 11.6 Å². The Bertz CT molecular complexity index is 627. The van der Waals surface area contributed by atoms with E-state index in [4.69, 9.17) is 30.5 Å². The van der Waals surface area contributed by atoms with E-state index in [0.717, 1.165) is 50.7 Å². The van der Waals surface area contributed by atoms with Crippen LogP contribution in [0.4, 0.5) is 0 Å². The Morgan fingerprint density at radius 2 is 2.11 bits per heavy atom. The van der Waals surface area contributed by atoms with Gasteiger partial charge in [-0.2, -0.15) is 0 Å². The van der Waals surface area contributed by atoms with E-state index in [2.05, 4.69) is 15.6 Å². The van der Waals surface area contributed by atoms with Crippen molar-refractivity contribution in [1.29, 1.82) is 0 Å². The summed E-state index contributed by atoms with van der Waals surface area (Å²) in [6.07, 6.45) is 2.16. The molecule has 0 bridgehead atoms. The lowest BCUT2D eigenvalue weighted by Crippen LogP contribution is -2.37. The third-order valence-electron chi connectivity index (χ3n) is 4.20. The standard InChI is InChI=1S/C18H26ClN3O4.HI/c1-20-18(21-4-2-5-24-14-3-6-23-12-14)22-11-13-9-15(19)17-16(10-13)25-7-8-26-17;/h9-10,14H,2-8,11-12H2,1H3,(H2,20,21,22);1H. The van der Waals surface area contributed by atoms with Crippen molar-refractivity contribution in [2.24, 2.45) is 4.99 Å². The summed E-state index contributed by atoms with van der Waals surface area (Å²) >= 11 is 6.27. The summed E-state index contributed by atoms with van der Waals surface area (Å²) in [6, 6.07) is 3.82. The zero-order valence-corrected chi connectivity index (χ0v) is 18.5. The van der Waals surface area contributed by atoms with E-state index >= 15 is 0 Å². The molecule has 0 saturated carbocycles. The minimum Gasteiger partial charge on any atom is -0.486 e. The van der Waals surface area contributed by atoms with Gasteiger partial charge in [-0.25, -0.2) is 0 Å². The second-order valence-corrected chi connectivity index (χ2v) is 6.57. The zero-order valence-electron chi connectivity index (χ0n) is 15.5. The number of ether oxygens (including phenoxy) is 4. The van der Waals surface area contributed by atoms with Gasteiger partial charge in [0.05, 0.1) is 17.7 Å². The van der Waals surface area contributed by atoms with Crippen LogP contribution in [0.15, 0.2) is 17.1 Å². The minimum atomic E-state index is 0. The fourth-order valence-electron chi connectivity index (χ4n) is 2.85. The van der Waals surface area contributed by atoms with E-state index in [1.807, 2.05) is 12.1 Å². The lowest BCUT2D eigenvalue weighted by atomic mass is 10.2. The van der Waals surface area contributed by atoms with Crippen molar-refractivity contribution in [2.45, 2.75) is 25.5 Å². The molecular formula is C18H27ClIN3O4. The van der Waals surface area contributed by atoms with E-state index in [0.29, 0.717) is 36.3 Å². The van der Waals surface area contributed by atoms with Crippen LogP contribution in [0.5, 0.6) is 11.5 Å². The van der Waals surface area contributed by atoms with Gasteiger partial charge in [-0.3, -0.25) is 4.99 Å². The topological polar surface area (TPSA) is 73.3 Å². The van der Waals surface area contributed by atoms with Crippen molar-refractivity contribution in [3.63, 3.8) is 0 Å². The number of rotatable bonds is 7. The lowest BCUT2D eigenvalue weighted by molar-refractivity contribution is 0.0420. The Kier molecular flexibility index (Phi) is 9.74. The van der Waals surface area contributed by atoms with Crippen LogP contribution >= 0.6 is 35.6 Å². The summed E-state index contributed by atoms with van der Waals surface area (Å²) in [6.45, 7) is 4.69. The first-order valence-corrected chi connectivity index (χ1v) is 9.36. The molecule has 1 unspecified atom stereocenters. The van der Waals surface area contributed by atoms with Crippen LogP contribution in [0.25, 0.3) is 0 Å². The third-order valence-corrected chi connectivity index (χ3v) is 4.48. The molecule has 2 heterocycles. The molecule has 0 amide bonds. The number of hydrogen-bond acceptors (Lipinski definition) is 5. The number of benzene rings is 1. The molecule has 0 radical (unpaired) electrons. The summed E-state index contributed by atoms with van der Waals surface area (Å²) in [7, 11) is 1.75. The fourth-order valence-corrected chi connectivity index (χ4v) is 3.13. The van der Waals surface area contributed by atoms with Gasteiger partial charge in [0.25, 0.3) is 0 Å². The zero-order chi connectivity index (χ0) is 18.2. The Morgan fingerprint density at radius 3 is 2.89 bits per heavy atom. The van der Waals surface area contributed by atoms with Gasteiger partial charge in [0.1, 0.15) is 13.2 Å². The maximum Gasteiger partial charge on any atom is 0.191 e. The van der Waals surface area contributed by atoms with Crippen LogP contribution in [0.1, 0.15) is 18.4 Å². The average Bonchev–Trinajstić information content (AvgIpc) is 3.17. The van der Waals surface area contributed by atoms with Gasteiger partial charge in [0.15, 0.2) is 17.5 Å². The van der Waals surface area contributed by atoms with Crippen molar-refractivity contribution in [1.82, 2.24) is 10.6 Å². The van der Waals surface area contributed by atoms with Crippen LogP contribution in [0.2, 0.25) is 5.02 Å². The van der Waals surface area contributed by atoms with Crippen molar-refractivity contribution in [3.8, 4) is 11.5 Å². The predicted molar refractivity (Wildman–Crippen MR) is 116 cm³/mol. The summed E-state index contributed by atoms with van der Waals surface area (Å²) in [5.74, 6) is 2.05. The normalized spacial score (nSPS) is 18.7. The molecule has 7 nitrogen and oxygen atoms in total. The second kappa shape index (κ2) is 11.8. The highest BCUT2D eigenvalue weighted by molar-refractivity contribution is 14.0. The molecule has 3 rings (SSSR count). The molecule has 152 valence electrons. The van der Waals surface area contributed by atoms with E-state index in [1.54, 1.807) is 7.05 Å². The molecule has 0 spiro atoms. The molecular weight excluding hydrogens is 485 g/mol. The van der Waals surface area contributed by atoms with Gasteiger partial charge in [0, 0.05) is 33.4 Å². The molecule has 1 atom stereocenters. The summed E-state index contributed by atoms with van der Waals surface area (Å²) in [4.78, 5) is 4.23. The maximum atomic E-state index is 6.27. The Balaban J connectivity index is 0.00000261. The van der Waals surface area contributed by atoms with Crippen LogP contribution in [-0.4, -0.2) is 58.7 Å². The summed E-state index contributed by atoms with van der Waals surface area (Å²) < 4.78 is 22.2. The molecule has 2 N–H and O–H groups in total. The van der Waals surface area contributed by atoms with Crippen LogP contribution in [-0.2, 0) is 16.0 Å². The fraction of sp³-hybridized carbons (Fsp3) is 0.611. The molecule has 1 aromatic carbocycles. The van der Waals surface area contributed by atoms with Crippen molar-refractivity contribution >= 4 is 41.5 Å². The highest BCUT2D eigenvalue weighted by atomic mass is 127. The molecule has 1 aromatic rings. The average molecular weight is 512 g/mol. The Hall–Kier alpha value is -0.970. The molecule has 0 aliphatic carbocycles. The first-order valence-electron chi connectivity index (χ1n) is 8.98. The number of fused-ring (bicyclic) bond motifs is 1. The van der Waals surface area contributed by atoms with Crippen molar-refractivity contribution < 1.29 is 18.9 Å². The first-order chi connectivity index (χ1) is 12.8. The second-order valence-electron chi connectivity index (χ2n) is 6.16. The van der Waals surface area contributed by atoms with Crippen LogP contribution in [0.3, 0.4) is 0 Å². The SMILES string of the molecule is CN=C(NCCCOC1CCOC1)NCc1cc(Cl)c2c(c1)OCCO2.I. The number of nitrogens with zero attached hydrogens (tertiary/aromatic N) is 1. The number of hydrogen-bond donors (Lipinski definition) is 2. The molecule has 1 fully saturated rings. The minimum absolute atomic E-state index is 0. The van der Waals surface area contributed by atoms with E-state index in [-0.39, 0.29) is 30.1 Å². The highest BCUT2D eigenvalue weighted by Gasteiger charge is 2.17. The van der Waals surface area contributed by atoms with Gasteiger partial charge in [0.2, 0.25) is 0 Å². The quantitative estimate of drug-likeness (QED) is 0.254. The summed E-state index contributed by atoms with van der Waals surface area (Å²) in [5.41, 5.74) is 1.01.